The summed E-state index contributed by atoms with van der Waals surface area (Å²) in [5, 5.41) is 12.6. The van der Waals surface area contributed by atoms with Crippen LogP contribution in [0.2, 0.25) is 0 Å². The number of pyridine rings is 1. The van der Waals surface area contributed by atoms with Crippen LogP contribution in [0, 0.1) is 11.8 Å². The van der Waals surface area contributed by atoms with Crippen LogP contribution in [-0.4, -0.2) is 33.8 Å². The Morgan fingerprint density at radius 3 is 2.56 bits per heavy atom. The van der Waals surface area contributed by atoms with Crippen molar-refractivity contribution in [3.63, 3.8) is 0 Å². The van der Waals surface area contributed by atoms with Crippen LogP contribution in [0.4, 0.5) is 0 Å². The largest absolute Gasteiger partial charge is 0.502 e. The lowest BCUT2D eigenvalue weighted by atomic mass is 9.70. The van der Waals surface area contributed by atoms with Crippen LogP contribution in [-0.2, 0) is 0 Å². The first-order chi connectivity index (χ1) is 13.1. The van der Waals surface area contributed by atoms with Crippen molar-refractivity contribution >= 4 is 5.91 Å². The Bertz CT molecular complexity index is 955. The molecule has 2 bridgehead atoms. The standard InChI is InChI=1S/C21H23N3O3/c1-22-20-15-9-5-8-14(12-15)17(13-6-3-2-4-7-13)24(20)23-11-10-16(25)19(26)18(23)21(22)27/h2-4,6-7,10-11,14-15,17,20,26H,5,8-9,12H2,1H3. The maximum Gasteiger partial charge on any atom is 0.277 e. The van der Waals surface area contributed by atoms with Crippen molar-refractivity contribution in [2.24, 2.45) is 11.8 Å². The Hall–Kier alpha value is -2.76. The van der Waals surface area contributed by atoms with Gasteiger partial charge in [-0.15, -0.1) is 0 Å². The second-order valence-corrected chi connectivity index (χ2v) is 7.97. The molecular formula is C21H23N3O3. The lowest BCUT2D eigenvalue weighted by molar-refractivity contribution is 0.0143. The quantitative estimate of drug-likeness (QED) is 0.843. The van der Waals surface area contributed by atoms with Crippen molar-refractivity contribution in [1.29, 1.82) is 0 Å². The van der Waals surface area contributed by atoms with Crippen molar-refractivity contribution in [2.75, 3.05) is 12.1 Å². The molecule has 6 nitrogen and oxygen atoms in total. The van der Waals surface area contributed by atoms with Crippen molar-refractivity contribution in [3.05, 3.63) is 64.1 Å². The molecule has 4 unspecified atom stereocenters. The van der Waals surface area contributed by atoms with Crippen molar-refractivity contribution in [2.45, 2.75) is 37.9 Å². The van der Waals surface area contributed by atoms with E-state index in [1.807, 2.05) is 18.2 Å². The molecule has 0 radical (unpaired) electrons. The lowest BCUT2D eigenvalue weighted by Crippen LogP contribution is -2.67. The highest BCUT2D eigenvalue weighted by Crippen LogP contribution is 2.49. The Labute approximate surface area is 157 Å². The summed E-state index contributed by atoms with van der Waals surface area (Å²) < 4.78 is 1.74. The summed E-state index contributed by atoms with van der Waals surface area (Å²) in [5.41, 5.74) is 0.761. The fourth-order valence-electron chi connectivity index (χ4n) is 5.45. The third-order valence-corrected chi connectivity index (χ3v) is 6.54. The molecule has 3 heterocycles. The molecule has 140 valence electrons. The number of nitrogens with zero attached hydrogens (tertiary/aromatic N) is 3. The van der Waals surface area contributed by atoms with Crippen molar-refractivity contribution < 1.29 is 9.90 Å². The van der Waals surface area contributed by atoms with Gasteiger partial charge in [-0.05, 0) is 36.7 Å². The van der Waals surface area contributed by atoms with E-state index in [2.05, 4.69) is 17.1 Å². The van der Waals surface area contributed by atoms with Gasteiger partial charge in [0, 0.05) is 19.3 Å². The predicted molar refractivity (Wildman–Crippen MR) is 101 cm³/mol. The topological polar surface area (TPSA) is 65.8 Å². The van der Waals surface area contributed by atoms with Gasteiger partial charge >= 0.3 is 0 Å². The Morgan fingerprint density at radius 2 is 1.78 bits per heavy atom. The number of rotatable bonds is 1. The normalized spacial score (nSPS) is 29.3. The minimum absolute atomic E-state index is 0.0714. The summed E-state index contributed by atoms with van der Waals surface area (Å²) in [6, 6.07) is 11.8. The molecule has 6 heteroatoms. The molecule has 4 atom stereocenters. The van der Waals surface area contributed by atoms with Crippen molar-refractivity contribution in [3.8, 4) is 5.75 Å². The van der Waals surface area contributed by atoms with Crippen LogP contribution in [0.5, 0.6) is 5.75 Å². The maximum atomic E-state index is 13.0. The summed E-state index contributed by atoms with van der Waals surface area (Å²) in [6.45, 7) is 0. The Balaban J connectivity index is 1.76. The summed E-state index contributed by atoms with van der Waals surface area (Å²) in [6.07, 6.45) is 6.09. The van der Waals surface area contributed by atoms with E-state index < -0.39 is 11.2 Å². The van der Waals surface area contributed by atoms with Gasteiger partial charge in [0.15, 0.2) is 11.4 Å². The third-order valence-electron chi connectivity index (χ3n) is 6.54. The minimum Gasteiger partial charge on any atom is -0.502 e. The van der Waals surface area contributed by atoms with Gasteiger partial charge in [-0.3, -0.25) is 19.3 Å². The highest BCUT2D eigenvalue weighted by molar-refractivity contribution is 5.96. The van der Waals surface area contributed by atoms with Crippen molar-refractivity contribution in [1.82, 2.24) is 9.58 Å². The fraction of sp³-hybridized carbons (Fsp3) is 0.429. The molecule has 3 aliphatic rings. The van der Waals surface area contributed by atoms with E-state index in [1.54, 1.807) is 22.8 Å². The van der Waals surface area contributed by atoms with Crippen LogP contribution in [0.3, 0.4) is 0 Å². The smallest absolute Gasteiger partial charge is 0.277 e. The van der Waals surface area contributed by atoms with Crippen LogP contribution in [0.1, 0.15) is 47.8 Å². The first-order valence-electron chi connectivity index (χ1n) is 9.63. The van der Waals surface area contributed by atoms with Gasteiger partial charge in [0.1, 0.15) is 6.17 Å². The summed E-state index contributed by atoms with van der Waals surface area (Å²) >= 11 is 0. The van der Waals surface area contributed by atoms with Crippen LogP contribution in [0.15, 0.2) is 47.4 Å². The number of carbonyl (C=O) groups excluding carboxylic acids is 1. The number of aromatic nitrogens is 1. The molecule has 1 N–H and O–H groups in total. The van der Waals surface area contributed by atoms with Gasteiger partial charge in [-0.2, -0.15) is 0 Å². The average Bonchev–Trinajstić information content (AvgIpc) is 2.69. The molecule has 1 aliphatic carbocycles. The second kappa shape index (κ2) is 5.87. The van der Waals surface area contributed by atoms with E-state index in [1.165, 1.54) is 18.1 Å². The van der Waals surface area contributed by atoms with Gasteiger partial charge in [0.2, 0.25) is 5.43 Å². The molecule has 2 fully saturated rings. The number of hydrogen-bond donors (Lipinski definition) is 1. The lowest BCUT2D eigenvalue weighted by Gasteiger charge is -2.58. The van der Waals surface area contributed by atoms with Gasteiger partial charge in [0.05, 0.1) is 6.04 Å². The number of piperidine rings is 1. The predicted octanol–water partition coefficient (Wildman–Crippen LogP) is 2.46. The number of amides is 1. The van der Waals surface area contributed by atoms with Gasteiger partial charge in [-0.1, -0.05) is 36.8 Å². The zero-order chi connectivity index (χ0) is 18.7. The maximum absolute atomic E-state index is 13.0. The minimum atomic E-state index is -0.519. The zero-order valence-electron chi connectivity index (χ0n) is 15.3. The van der Waals surface area contributed by atoms with Crippen LogP contribution < -0.4 is 10.4 Å². The van der Waals surface area contributed by atoms with E-state index in [-0.39, 0.29) is 23.8 Å². The molecule has 1 saturated carbocycles. The number of carbonyl (C=O) groups is 1. The molecule has 1 saturated heterocycles. The SMILES string of the molecule is CN1C(=O)c2c(O)c(=O)ccn2N2C(c3ccccc3)C3CCCC(C3)C12. The number of hydrogen-bond acceptors (Lipinski definition) is 4. The second-order valence-electron chi connectivity index (χ2n) is 7.97. The summed E-state index contributed by atoms with van der Waals surface area (Å²) in [7, 11) is 1.79. The molecule has 2 aliphatic heterocycles. The molecule has 1 amide bonds. The molecule has 0 spiro atoms. The highest BCUT2D eigenvalue weighted by Gasteiger charge is 2.51. The van der Waals surface area contributed by atoms with Gasteiger partial charge in [-0.25, -0.2) is 0 Å². The first kappa shape index (κ1) is 16.4. The van der Waals surface area contributed by atoms with E-state index in [9.17, 15) is 14.7 Å². The van der Waals surface area contributed by atoms with Gasteiger partial charge in [0.25, 0.3) is 5.91 Å². The highest BCUT2D eigenvalue weighted by atomic mass is 16.3. The zero-order valence-corrected chi connectivity index (χ0v) is 15.3. The number of benzene rings is 1. The fourth-order valence-corrected chi connectivity index (χ4v) is 5.45. The summed E-state index contributed by atoms with van der Waals surface area (Å²) in [5.74, 6) is 0.128. The molecular weight excluding hydrogens is 342 g/mol. The molecule has 27 heavy (non-hydrogen) atoms. The third kappa shape index (κ3) is 2.25. The first-order valence-corrected chi connectivity index (χ1v) is 9.63. The molecule has 1 aromatic carbocycles. The molecule has 5 rings (SSSR count). The number of aromatic hydroxyl groups is 1. The Morgan fingerprint density at radius 1 is 1.04 bits per heavy atom. The van der Waals surface area contributed by atoms with E-state index in [4.69, 9.17) is 0 Å². The van der Waals surface area contributed by atoms with E-state index in [0.717, 1.165) is 19.3 Å². The van der Waals surface area contributed by atoms with Crippen LogP contribution >= 0.6 is 0 Å². The van der Waals surface area contributed by atoms with E-state index in [0.29, 0.717) is 11.8 Å². The average molecular weight is 365 g/mol. The Kier molecular flexibility index (Phi) is 3.57. The van der Waals surface area contributed by atoms with Gasteiger partial charge < -0.3 is 10.0 Å². The molecule has 1 aromatic heterocycles. The summed E-state index contributed by atoms with van der Waals surface area (Å²) in [4.78, 5) is 26.7. The van der Waals surface area contributed by atoms with E-state index >= 15 is 0 Å². The van der Waals surface area contributed by atoms with Crippen LogP contribution in [0.25, 0.3) is 0 Å². The monoisotopic (exact) mass is 365 g/mol. The molecule has 2 aromatic rings. The number of fused-ring (bicyclic) bond motifs is 6.